The van der Waals surface area contributed by atoms with Gasteiger partial charge in [0.05, 0.1) is 62.2 Å². The van der Waals surface area contributed by atoms with E-state index < -0.39 is 0 Å². The van der Waals surface area contributed by atoms with Gasteiger partial charge in [0.1, 0.15) is 0 Å². The Morgan fingerprint density at radius 1 is 0.466 bits per heavy atom. The molecule has 0 atom stereocenters. The van der Waals surface area contributed by atoms with Crippen molar-refractivity contribution < 1.29 is 18.9 Å². The van der Waals surface area contributed by atoms with Gasteiger partial charge >= 0.3 is 0 Å². The Hall–Kier alpha value is -6.10. The van der Waals surface area contributed by atoms with Crippen molar-refractivity contribution in [2.24, 2.45) is 0 Å². The zero-order valence-electron chi connectivity index (χ0n) is 34.2. The van der Waals surface area contributed by atoms with Crippen LogP contribution in [-0.2, 0) is 26.2 Å². The van der Waals surface area contributed by atoms with E-state index in [1.54, 1.807) is 28.4 Å². The van der Waals surface area contributed by atoms with E-state index in [9.17, 15) is 0 Å². The molecule has 0 N–H and O–H groups in total. The molecule has 0 saturated carbocycles. The Balaban J connectivity index is 1.02. The third-order valence-corrected chi connectivity index (χ3v) is 11.8. The highest BCUT2D eigenvalue weighted by atomic mass is 16.5. The third kappa shape index (κ3) is 6.46. The number of nitrogens with zero attached hydrogens (tertiary/aromatic N) is 6. The predicted molar refractivity (Wildman–Crippen MR) is 233 cm³/mol. The molecule has 1 fully saturated rings. The molecule has 0 unspecified atom stereocenters. The minimum absolute atomic E-state index is 0.691. The summed E-state index contributed by atoms with van der Waals surface area (Å²) in [5.74, 6) is 2.78. The molecular formula is C48H50N6O4. The summed E-state index contributed by atoms with van der Waals surface area (Å²) >= 11 is 0. The summed E-state index contributed by atoms with van der Waals surface area (Å²) in [6.45, 7) is 11.3. The maximum absolute atomic E-state index is 5.74. The lowest BCUT2D eigenvalue weighted by atomic mass is 10.1. The van der Waals surface area contributed by atoms with Crippen LogP contribution in [0.3, 0.4) is 0 Å². The van der Waals surface area contributed by atoms with E-state index in [1.165, 1.54) is 32.6 Å². The molecule has 0 bridgehead atoms. The third-order valence-electron chi connectivity index (χ3n) is 11.8. The number of aryl methyl sites for hydroxylation is 2. The van der Waals surface area contributed by atoms with Crippen molar-refractivity contribution >= 4 is 43.6 Å². The Kier molecular flexibility index (Phi) is 10.1. The van der Waals surface area contributed by atoms with E-state index >= 15 is 0 Å². The predicted octanol–water partition coefficient (Wildman–Crippen LogP) is 9.42. The number of fused-ring (bicyclic) bond motifs is 6. The summed E-state index contributed by atoms with van der Waals surface area (Å²) in [7, 11) is 6.70. The van der Waals surface area contributed by atoms with Crippen LogP contribution in [0.25, 0.3) is 66.1 Å². The lowest BCUT2D eigenvalue weighted by Crippen LogP contribution is -2.45. The van der Waals surface area contributed by atoms with E-state index in [0.717, 1.165) is 97.3 Å². The number of hydrogen-bond donors (Lipinski definition) is 0. The zero-order chi connectivity index (χ0) is 39.9. The van der Waals surface area contributed by atoms with Crippen LogP contribution >= 0.6 is 0 Å². The van der Waals surface area contributed by atoms with Crippen molar-refractivity contribution in [3.63, 3.8) is 0 Å². The van der Waals surface area contributed by atoms with Crippen molar-refractivity contribution in [2.45, 2.75) is 40.0 Å². The first-order chi connectivity index (χ1) is 28.5. The largest absolute Gasteiger partial charge is 0.493 e. The summed E-state index contributed by atoms with van der Waals surface area (Å²) in [5.41, 5.74) is 10.8. The van der Waals surface area contributed by atoms with Crippen molar-refractivity contribution in [2.75, 3.05) is 54.6 Å². The van der Waals surface area contributed by atoms with E-state index in [4.69, 9.17) is 28.9 Å². The van der Waals surface area contributed by atoms with Crippen LogP contribution in [0.5, 0.6) is 23.0 Å². The molecule has 4 aromatic heterocycles. The molecule has 0 spiro atoms. The molecule has 10 nitrogen and oxygen atoms in total. The van der Waals surface area contributed by atoms with Gasteiger partial charge in [0.15, 0.2) is 23.0 Å². The standard InChI is InChI=1S/C48H50N6O4/c1-7-53-39-15-11-9-13-35(39)37-27-33(49-45(47(37)53)31-17-19-41(55-3)43(25-31)57-5)29-51-21-23-52(24-22-51)30-34-28-38-36-14-10-12-16-40(36)54(8-2)48(38)46(50-34)32-18-20-42(56-4)44(26-32)58-6/h9-20,25-28H,7-8,21-24,29-30H2,1-6H3. The molecule has 1 aliphatic heterocycles. The highest BCUT2D eigenvalue weighted by Crippen LogP contribution is 2.41. The topological polar surface area (TPSA) is 79.0 Å². The number of ether oxygens (including phenoxy) is 4. The zero-order valence-corrected chi connectivity index (χ0v) is 34.2. The van der Waals surface area contributed by atoms with Crippen molar-refractivity contribution in [1.82, 2.24) is 28.9 Å². The highest BCUT2D eigenvalue weighted by Gasteiger charge is 2.24. The summed E-state index contributed by atoms with van der Waals surface area (Å²) in [6.07, 6.45) is 0. The SMILES string of the molecule is CCn1c2ccccc2c2cc(CN3CCN(Cc4cc5c6ccccc6n(CC)c5c(-c5ccc(OC)c(OC)c5)n4)CC3)nc(-c3ccc(OC)c(OC)c3)c21. The van der Waals surface area contributed by atoms with Gasteiger partial charge in [-0.05, 0) is 74.5 Å². The Morgan fingerprint density at radius 2 is 0.862 bits per heavy atom. The second kappa shape index (κ2) is 15.7. The molecule has 0 amide bonds. The maximum atomic E-state index is 5.74. The molecule has 1 aliphatic rings. The summed E-state index contributed by atoms with van der Waals surface area (Å²) in [6, 6.07) is 34.2. The van der Waals surface area contributed by atoms with Crippen molar-refractivity contribution in [1.29, 1.82) is 0 Å². The number of rotatable bonds is 12. The highest BCUT2D eigenvalue weighted by molar-refractivity contribution is 6.13. The monoisotopic (exact) mass is 774 g/mol. The molecule has 9 rings (SSSR count). The molecule has 1 saturated heterocycles. The van der Waals surface area contributed by atoms with Crippen molar-refractivity contribution in [3.8, 4) is 45.5 Å². The van der Waals surface area contributed by atoms with Gasteiger partial charge in [0, 0.05) is 96.1 Å². The van der Waals surface area contributed by atoms with Gasteiger partial charge in [-0.25, -0.2) is 9.97 Å². The van der Waals surface area contributed by atoms with Gasteiger partial charge in [-0.1, -0.05) is 36.4 Å². The lowest BCUT2D eigenvalue weighted by molar-refractivity contribution is 0.120. The van der Waals surface area contributed by atoms with Crippen LogP contribution in [0.15, 0.2) is 97.1 Å². The van der Waals surface area contributed by atoms with E-state index in [2.05, 4.69) is 106 Å². The van der Waals surface area contributed by atoms with E-state index in [0.29, 0.717) is 23.0 Å². The van der Waals surface area contributed by atoms with Gasteiger partial charge in [-0.3, -0.25) is 9.80 Å². The smallest absolute Gasteiger partial charge is 0.161 e. The van der Waals surface area contributed by atoms with Gasteiger partial charge in [-0.2, -0.15) is 0 Å². The first kappa shape index (κ1) is 37.5. The number of benzene rings is 4. The van der Waals surface area contributed by atoms with Crippen LogP contribution in [-0.4, -0.2) is 83.5 Å². The Morgan fingerprint density at radius 3 is 1.24 bits per heavy atom. The number of methoxy groups -OCH3 is 4. The lowest BCUT2D eigenvalue weighted by Gasteiger charge is -2.34. The minimum Gasteiger partial charge on any atom is -0.493 e. The molecule has 58 heavy (non-hydrogen) atoms. The number of pyridine rings is 2. The number of hydrogen-bond acceptors (Lipinski definition) is 8. The average Bonchev–Trinajstić information content (AvgIpc) is 3.78. The fraction of sp³-hybridized carbons (Fsp3) is 0.292. The van der Waals surface area contributed by atoms with Crippen LogP contribution < -0.4 is 18.9 Å². The summed E-state index contributed by atoms with van der Waals surface area (Å²) in [4.78, 5) is 15.9. The van der Waals surface area contributed by atoms with Gasteiger partial charge < -0.3 is 28.1 Å². The molecule has 0 aliphatic carbocycles. The van der Waals surface area contributed by atoms with E-state index in [1.807, 2.05) is 24.3 Å². The second-order valence-corrected chi connectivity index (χ2v) is 14.9. The first-order valence-corrected chi connectivity index (χ1v) is 20.2. The molecule has 8 aromatic rings. The Labute approximate surface area is 339 Å². The average molecular weight is 775 g/mol. The maximum Gasteiger partial charge on any atom is 0.161 e. The van der Waals surface area contributed by atoms with Crippen LogP contribution in [0, 0.1) is 0 Å². The fourth-order valence-corrected chi connectivity index (χ4v) is 9.01. The van der Waals surface area contributed by atoms with Gasteiger partial charge in [0.2, 0.25) is 0 Å². The second-order valence-electron chi connectivity index (χ2n) is 14.9. The first-order valence-electron chi connectivity index (χ1n) is 20.2. The molecular weight excluding hydrogens is 725 g/mol. The van der Waals surface area contributed by atoms with Gasteiger partial charge in [-0.15, -0.1) is 0 Å². The van der Waals surface area contributed by atoms with Crippen LogP contribution in [0.1, 0.15) is 25.2 Å². The molecule has 5 heterocycles. The normalized spacial score (nSPS) is 13.9. The van der Waals surface area contributed by atoms with Crippen molar-refractivity contribution in [3.05, 3.63) is 108 Å². The summed E-state index contributed by atoms with van der Waals surface area (Å²) in [5, 5.41) is 4.94. The van der Waals surface area contributed by atoms with Gasteiger partial charge in [0.25, 0.3) is 0 Å². The number of para-hydroxylation sites is 2. The molecule has 0 radical (unpaired) electrons. The van der Waals surface area contributed by atoms with Crippen LogP contribution in [0.4, 0.5) is 0 Å². The molecule has 296 valence electrons. The van der Waals surface area contributed by atoms with E-state index in [-0.39, 0.29) is 0 Å². The fourth-order valence-electron chi connectivity index (χ4n) is 9.01. The number of aromatic nitrogens is 4. The molecule has 4 aromatic carbocycles. The molecule has 10 heteroatoms. The van der Waals surface area contributed by atoms with Crippen LogP contribution in [0.2, 0.25) is 0 Å². The Bertz CT molecular complexity index is 2610. The minimum atomic E-state index is 0.691. The summed E-state index contributed by atoms with van der Waals surface area (Å²) < 4.78 is 27.4. The quantitative estimate of drug-likeness (QED) is 0.122. The number of piperazine rings is 1.